The van der Waals surface area contributed by atoms with Gasteiger partial charge in [0, 0.05) is 18.3 Å². The Morgan fingerprint density at radius 2 is 1.62 bits per heavy atom. The van der Waals surface area contributed by atoms with Crippen molar-refractivity contribution >= 4 is 29.2 Å². The summed E-state index contributed by atoms with van der Waals surface area (Å²) in [6.07, 6.45) is 4.47. The fraction of sp³-hybridized carbons (Fsp3) is 0.357. The molecule has 1 aromatic heterocycles. The fourth-order valence-corrected chi connectivity index (χ4v) is 5.46. The molecule has 1 atom stereocenters. The molecule has 2 amide bonds. The first-order valence-corrected chi connectivity index (χ1v) is 12.6. The van der Waals surface area contributed by atoms with Gasteiger partial charge in [-0.25, -0.2) is 4.68 Å². The van der Waals surface area contributed by atoms with Gasteiger partial charge in [0.15, 0.2) is 0 Å². The molecule has 2 heterocycles. The van der Waals surface area contributed by atoms with Gasteiger partial charge in [-0.15, -0.1) is 0 Å². The summed E-state index contributed by atoms with van der Waals surface area (Å²) in [6.45, 7) is 1.77. The second kappa shape index (κ2) is 9.72. The number of carbonyl (C=O) groups is 3. The van der Waals surface area contributed by atoms with E-state index in [0.717, 1.165) is 19.3 Å². The molecule has 37 heavy (non-hydrogen) atoms. The molecule has 1 spiro atoms. The largest absolute Gasteiger partial charge is 0.458 e. The molecule has 2 aliphatic rings. The van der Waals surface area contributed by atoms with E-state index in [0.29, 0.717) is 35.5 Å². The minimum absolute atomic E-state index is 0.0866. The number of amides is 2. The standard InChI is InChI=1S/C28H30N4O5/c1-18-24(27(36)32(31(18)2)21-9-5-3-6-10-21)30-25(34)19-11-13-20(14-12-19)29-26(35)22-17-23(33)37-28(22)15-7-4-8-16-28/h3,5-6,9-14,22H,4,7-8,15-17H2,1-2H3,(H,29,35)(H,30,34). The zero-order valence-corrected chi connectivity index (χ0v) is 21.0. The Labute approximate surface area is 214 Å². The molecular formula is C28H30N4O5. The summed E-state index contributed by atoms with van der Waals surface area (Å²) in [5, 5.41) is 5.62. The van der Waals surface area contributed by atoms with Crippen molar-refractivity contribution in [1.29, 1.82) is 0 Å². The highest BCUT2D eigenvalue weighted by Crippen LogP contribution is 2.44. The number of rotatable bonds is 5. The number of nitrogens with zero attached hydrogens (tertiary/aromatic N) is 2. The number of anilines is 2. The Hall–Kier alpha value is -4.14. The Kier molecular flexibility index (Phi) is 6.45. The van der Waals surface area contributed by atoms with Gasteiger partial charge < -0.3 is 15.4 Å². The molecule has 0 radical (unpaired) electrons. The van der Waals surface area contributed by atoms with Gasteiger partial charge in [0.05, 0.1) is 23.7 Å². The molecule has 1 aliphatic carbocycles. The van der Waals surface area contributed by atoms with Crippen LogP contribution in [0.4, 0.5) is 11.4 Å². The van der Waals surface area contributed by atoms with E-state index in [4.69, 9.17) is 4.74 Å². The maximum atomic E-state index is 13.1. The number of aromatic nitrogens is 2. The molecule has 2 fully saturated rings. The molecule has 9 nitrogen and oxygen atoms in total. The van der Waals surface area contributed by atoms with Crippen LogP contribution in [-0.2, 0) is 21.4 Å². The quantitative estimate of drug-likeness (QED) is 0.514. The molecule has 5 rings (SSSR count). The molecule has 2 N–H and O–H groups in total. The minimum atomic E-state index is -0.695. The van der Waals surface area contributed by atoms with Crippen LogP contribution in [0.2, 0.25) is 0 Å². The lowest BCUT2D eigenvalue weighted by Gasteiger charge is -2.36. The summed E-state index contributed by atoms with van der Waals surface area (Å²) in [7, 11) is 1.76. The van der Waals surface area contributed by atoms with Crippen LogP contribution in [0.15, 0.2) is 59.4 Å². The summed E-state index contributed by atoms with van der Waals surface area (Å²) >= 11 is 0. The predicted octanol–water partition coefficient (Wildman–Crippen LogP) is 3.94. The van der Waals surface area contributed by atoms with E-state index in [1.165, 1.54) is 4.68 Å². The Balaban J connectivity index is 1.29. The van der Waals surface area contributed by atoms with E-state index < -0.39 is 17.4 Å². The molecule has 1 saturated carbocycles. The van der Waals surface area contributed by atoms with Crippen molar-refractivity contribution in [2.45, 2.75) is 51.0 Å². The van der Waals surface area contributed by atoms with E-state index in [1.807, 2.05) is 30.3 Å². The van der Waals surface area contributed by atoms with Gasteiger partial charge in [-0.3, -0.25) is 23.9 Å². The van der Waals surface area contributed by atoms with Crippen molar-refractivity contribution in [3.63, 3.8) is 0 Å². The first kappa shape index (κ1) is 24.5. The maximum absolute atomic E-state index is 13.1. The monoisotopic (exact) mass is 502 g/mol. The van der Waals surface area contributed by atoms with Crippen LogP contribution in [-0.4, -0.2) is 32.7 Å². The van der Waals surface area contributed by atoms with Crippen molar-refractivity contribution in [2.75, 3.05) is 10.6 Å². The average Bonchev–Trinajstić information content (AvgIpc) is 3.32. The number of esters is 1. The van der Waals surface area contributed by atoms with Gasteiger partial charge in [0.25, 0.3) is 11.5 Å². The zero-order valence-electron chi connectivity index (χ0n) is 21.0. The Morgan fingerprint density at radius 3 is 2.30 bits per heavy atom. The van der Waals surface area contributed by atoms with E-state index in [1.54, 1.807) is 42.9 Å². The van der Waals surface area contributed by atoms with Crippen LogP contribution in [0.25, 0.3) is 5.69 Å². The van der Waals surface area contributed by atoms with Crippen LogP contribution in [0, 0.1) is 12.8 Å². The van der Waals surface area contributed by atoms with E-state index in [9.17, 15) is 19.2 Å². The second-order valence-electron chi connectivity index (χ2n) is 9.81. The number of carbonyl (C=O) groups excluding carboxylic acids is 3. The van der Waals surface area contributed by atoms with Gasteiger partial charge in [-0.1, -0.05) is 24.6 Å². The predicted molar refractivity (Wildman–Crippen MR) is 139 cm³/mol. The van der Waals surface area contributed by atoms with Crippen LogP contribution >= 0.6 is 0 Å². The zero-order chi connectivity index (χ0) is 26.2. The van der Waals surface area contributed by atoms with E-state index >= 15 is 0 Å². The number of benzene rings is 2. The van der Waals surface area contributed by atoms with Crippen molar-refractivity contribution in [3.05, 3.63) is 76.2 Å². The van der Waals surface area contributed by atoms with Gasteiger partial charge in [-0.2, -0.15) is 0 Å². The third-order valence-electron chi connectivity index (χ3n) is 7.55. The lowest BCUT2D eigenvalue weighted by molar-refractivity contribution is -0.153. The van der Waals surface area contributed by atoms with Gasteiger partial charge in [0.2, 0.25) is 5.91 Å². The van der Waals surface area contributed by atoms with E-state index in [-0.39, 0.29) is 29.5 Å². The fourth-order valence-electron chi connectivity index (χ4n) is 5.46. The SMILES string of the molecule is Cc1c(NC(=O)c2ccc(NC(=O)C3CC(=O)OC34CCCCC4)cc2)c(=O)n(-c2ccccc2)n1C. The normalized spacial score (nSPS) is 18.4. The Bertz CT molecular complexity index is 1400. The highest BCUT2D eigenvalue weighted by atomic mass is 16.6. The smallest absolute Gasteiger partial charge is 0.307 e. The number of para-hydroxylation sites is 1. The summed E-state index contributed by atoms with van der Waals surface area (Å²) in [5.41, 5.74) is 1.37. The molecule has 192 valence electrons. The highest BCUT2D eigenvalue weighted by molar-refractivity contribution is 6.05. The summed E-state index contributed by atoms with van der Waals surface area (Å²) < 4.78 is 8.84. The number of hydrogen-bond donors (Lipinski definition) is 2. The van der Waals surface area contributed by atoms with Crippen LogP contribution in [0.1, 0.15) is 54.6 Å². The lowest BCUT2D eigenvalue weighted by atomic mass is 9.75. The van der Waals surface area contributed by atoms with Crippen molar-refractivity contribution in [3.8, 4) is 5.69 Å². The van der Waals surface area contributed by atoms with Gasteiger partial charge in [-0.05, 0) is 69.0 Å². The third-order valence-corrected chi connectivity index (χ3v) is 7.55. The molecule has 0 bridgehead atoms. The minimum Gasteiger partial charge on any atom is -0.458 e. The molecule has 1 saturated heterocycles. The highest BCUT2D eigenvalue weighted by Gasteiger charge is 2.52. The van der Waals surface area contributed by atoms with Crippen LogP contribution in [0.5, 0.6) is 0 Å². The number of ether oxygens (including phenoxy) is 1. The lowest BCUT2D eigenvalue weighted by Crippen LogP contribution is -2.43. The molecule has 3 aromatic rings. The topological polar surface area (TPSA) is 111 Å². The molecule has 9 heteroatoms. The van der Waals surface area contributed by atoms with Crippen molar-refractivity contribution in [1.82, 2.24) is 9.36 Å². The summed E-state index contributed by atoms with van der Waals surface area (Å²) in [6, 6.07) is 15.7. The first-order chi connectivity index (χ1) is 17.8. The van der Waals surface area contributed by atoms with Crippen molar-refractivity contribution in [2.24, 2.45) is 13.0 Å². The maximum Gasteiger partial charge on any atom is 0.307 e. The van der Waals surface area contributed by atoms with Crippen molar-refractivity contribution < 1.29 is 19.1 Å². The van der Waals surface area contributed by atoms with E-state index in [2.05, 4.69) is 10.6 Å². The molecule has 2 aromatic carbocycles. The first-order valence-electron chi connectivity index (χ1n) is 12.6. The van der Waals surface area contributed by atoms with Gasteiger partial charge in [0.1, 0.15) is 11.3 Å². The second-order valence-corrected chi connectivity index (χ2v) is 9.81. The average molecular weight is 503 g/mol. The molecule has 1 unspecified atom stereocenters. The summed E-state index contributed by atoms with van der Waals surface area (Å²) in [4.78, 5) is 51.1. The molecule has 1 aliphatic heterocycles. The van der Waals surface area contributed by atoms with Crippen LogP contribution < -0.4 is 16.2 Å². The van der Waals surface area contributed by atoms with Crippen LogP contribution in [0.3, 0.4) is 0 Å². The number of hydrogen-bond acceptors (Lipinski definition) is 5. The van der Waals surface area contributed by atoms with Gasteiger partial charge >= 0.3 is 5.97 Å². The molecular weight excluding hydrogens is 472 g/mol. The third kappa shape index (κ3) is 4.57. The number of nitrogens with one attached hydrogen (secondary N) is 2. The summed E-state index contributed by atoms with van der Waals surface area (Å²) in [5.74, 6) is -1.51. The Morgan fingerprint density at radius 1 is 0.946 bits per heavy atom.